The largest absolute Gasteiger partial charge is 0.330 e. The van der Waals surface area contributed by atoms with Crippen molar-refractivity contribution in [1.29, 1.82) is 0 Å². The van der Waals surface area contributed by atoms with E-state index in [1.165, 1.54) is 35.4 Å². The van der Waals surface area contributed by atoms with Crippen LogP contribution in [0.5, 0.6) is 0 Å². The molecule has 1 aliphatic rings. The molecule has 1 N–H and O–H groups in total. The number of urea groups is 1. The van der Waals surface area contributed by atoms with Crippen LogP contribution in [-0.4, -0.2) is 45.1 Å². The third-order valence-electron chi connectivity index (χ3n) is 5.44. The molecular weight excluding hydrogens is 528 g/mol. The lowest BCUT2D eigenvalue weighted by Gasteiger charge is -2.38. The topological polar surface area (TPSA) is 130 Å². The summed E-state index contributed by atoms with van der Waals surface area (Å²) < 4.78 is 79.3. The number of hydrogen-bond donors (Lipinski definition) is 1. The van der Waals surface area contributed by atoms with Gasteiger partial charge in [-0.15, -0.1) is 0 Å². The lowest BCUT2D eigenvalue weighted by atomic mass is 10.1. The Balaban J connectivity index is 1.61. The average molecular weight is 552 g/mol. The number of sulfonamides is 1. The van der Waals surface area contributed by atoms with Gasteiger partial charge in [-0.1, -0.05) is 12.1 Å². The molecule has 4 rings (SSSR count). The number of aromatic nitrogens is 2. The molecule has 0 fully saturated rings. The smallest absolute Gasteiger partial charge is 0.286 e. The first-order valence-corrected chi connectivity index (χ1v) is 14.5. The zero-order valence-electron chi connectivity index (χ0n) is 20.0. The number of carbonyl (C=O) groups excluding carboxylic acids is 1. The number of rotatable bonds is 7. The molecular formula is C23H23F2N5O5S2. The van der Waals surface area contributed by atoms with Gasteiger partial charge in [-0.05, 0) is 43.7 Å². The van der Waals surface area contributed by atoms with Crippen molar-refractivity contribution in [1.82, 2.24) is 9.97 Å². The van der Waals surface area contributed by atoms with E-state index in [1.807, 2.05) is 0 Å². The summed E-state index contributed by atoms with van der Waals surface area (Å²) in [4.78, 5) is 23.6. The fraction of sp³-hybridized carbons (Fsp3) is 0.261. The van der Waals surface area contributed by atoms with E-state index >= 15 is 4.39 Å². The van der Waals surface area contributed by atoms with Crippen LogP contribution in [0, 0.1) is 11.6 Å². The first-order chi connectivity index (χ1) is 17.2. The molecule has 3 aromatic rings. The van der Waals surface area contributed by atoms with Crippen LogP contribution in [0.4, 0.5) is 30.8 Å². The Labute approximate surface area is 212 Å². The number of carbonyl (C=O) groups is 1. The Bertz CT molecular complexity index is 1580. The second-order valence-electron chi connectivity index (χ2n) is 8.76. The van der Waals surface area contributed by atoms with Crippen LogP contribution in [0.25, 0.3) is 0 Å². The molecule has 0 atom stereocenters. The Morgan fingerprint density at radius 2 is 1.73 bits per heavy atom. The minimum atomic E-state index is -3.94. The number of fused-ring (bicyclic) bond motifs is 1. The second kappa shape index (κ2) is 9.67. The molecule has 0 saturated carbocycles. The van der Waals surface area contributed by atoms with Crippen molar-refractivity contribution in [2.24, 2.45) is 0 Å². The van der Waals surface area contributed by atoms with E-state index in [9.17, 15) is 26.0 Å². The molecule has 0 unspecified atom stereocenters. The summed E-state index contributed by atoms with van der Waals surface area (Å²) in [5, 5.41) is -0.429. The van der Waals surface area contributed by atoms with Crippen LogP contribution in [-0.2, 0) is 32.2 Å². The van der Waals surface area contributed by atoms with Crippen LogP contribution in [0.1, 0.15) is 25.0 Å². The standard InChI is InChI=1S/C23H23F2N5O5S2/c1-14(2)30-21-16(11-26-22(27-21)36(3,32)33)12-29(23(30)31)20-9-8-18(10-19(20)25)28-37(34,35)13-15-4-6-17(24)7-5-15/h4-11,14,28H,12-13H2,1-3H3. The Kier molecular flexibility index (Phi) is 6.90. The molecule has 0 aliphatic carbocycles. The lowest BCUT2D eigenvalue weighted by molar-refractivity contribution is 0.248. The van der Waals surface area contributed by atoms with Gasteiger partial charge in [-0.2, -0.15) is 0 Å². The number of nitrogens with one attached hydrogen (secondary N) is 1. The molecule has 10 nitrogen and oxygen atoms in total. The van der Waals surface area contributed by atoms with Crippen molar-refractivity contribution in [2.45, 2.75) is 37.3 Å². The summed E-state index contributed by atoms with van der Waals surface area (Å²) in [6.07, 6.45) is 2.24. The number of halogens is 2. The maximum Gasteiger partial charge on any atom is 0.330 e. The predicted octanol–water partition coefficient (Wildman–Crippen LogP) is 3.46. The van der Waals surface area contributed by atoms with Gasteiger partial charge in [-0.25, -0.2) is 40.4 Å². The van der Waals surface area contributed by atoms with Crippen LogP contribution in [0.2, 0.25) is 0 Å². The van der Waals surface area contributed by atoms with Crippen molar-refractivity contribution < 1.29 is 30.4 Å². The van der Waals surface area contributed by atoms with Gasteiger partial charge in [0.1, 0.15) is 17.5 Å². The molecule has 0 bridgehead atoms. The zero-order valence-corrected chi connectivity index (χ0v) is 21.6. The van der Waals surface area contributed by atoms with Gasteiger partial charge in [0.2, 0.25) is 25.0 Å². The van der Waals surface area contributed by atoms with Crippen LogP contribution >= 0.6 is 0 Å². The normalized spacial score (nSPS) is 14.2. The SMILES string of the molecule is CC(C)N1C(=O)N(c2ccc(NS(=O)(=O)Cc3ccc(F)cc3)cc2F)Cc2cnc(S(C)(=O)=O)nc21. The number of anilines is 3. The minimum absolute atomic E-state index is 0.0601. The van der Waals surface area contributed by atoms with Crippen molar-refractivity contribution in [2.75, 3.05) is 20.8 Å². The molecule has 196 valence electrons. The summed E-state index contributed by atoms with van der Waals surface area (Å²) in [5.74, 6) is -1.69. The number of benzene rings is 2. The first-order valence-electron chi connectivity index (χ1n) is 11.0. The summed E-state index contributed by atoms with van der Waals surface area (Å²) >= 11 is 0. The quantitative estimate of drug-likeness (QED) is 0.445. The van der Waals surface area contributed by atoms with Crippen molar-refractivity contribution in [3.63, 3.8) is 0 Å². The third-order valence-corrected chi connectivity index (χ3v) is 7.56. The van der Waals surface area contributed by atoms with Gasteiger partial charge in [0, 0.05) is 30.1 Å². The number of nitrogens with zero attached hydrogens (tertiary/aromatic N) is 4. The highest BCUT2D eigenvalue weighted by Crippen LogP contribution is 2.34. The lowest BCUT2D eigenvalue weighted by Crippen LogP contribution is -2.51. The van der Waals surface area contributed by atoms with E-state index in [0.29, 0.717) is 11.1 Å². The predicted molar refractivity (Wildman–Crippen MR) is 133 cm³/mol. The molecule has 0 spiro atoms. The van der Waals surface area contributed by atoms with E-state index in [4.69, 9.17) is 0 Å². The van der Waals surface area contributed by atoms with Gasteiger partial charge in [0.15, 0.2) is 0 Å². The van der Waals surface area contributed by atoms with Crippen LogP contribution in [0.3, 0.4) is 0 Å². The number of sulfone groups is 1. The zero-order chi connectivity index (χ0) is 27.1. The number of hydrogen-bond acceptors (Lipinski definition) is 7. The minimum Gasteiger partial charge on any atom is -0.286 e. The van der Waals surface area contributed by atoms with E-state index in [-0.39, 0.29) is 23.7 Å². The highest BCUT2D eigenvalue weighted by Gasteiger charge is 2.36. The highest BCUT2D eigenvalue weighted by atomic mass is 32.2. The molecule has 0 radical (unpaired) electrons. The van der Waals surface area contributed by atoms with Crippen molar-refractivity contribution >= 4 is 43.1 Å². The molecule has 37 heavy (non-hydrogen) atoms. The van der Waals surface area contributed by atoms with E-state index in [2.05, 4.69) is 14.7 Å². The second-order valence-corrected chi connectivity index (χ2v) is 12.4. The number of amides is 2. The molecule has 0 saturated heterocycles. The molecule has 1 aliphatic heterocycles. The van der Waals surface area contributed by atoms with Gasteiger partial charge >= 0.3 is 6.03 Å². The third kappa shape index (κ3) is 5.69. The van der Waals surface area contributed by atoms with Crippen LogP contribution in [0.15, 0.2) is 53.8 Å². The monoisotopic (exact) mass is 551 g/mol. The summed E-state index contributed by atoms with van der Waals surface area (Å²) in [6.45, 7) is 3.26. The van der Waals surface area contributed by atoms with Gasteiger partial charge < -0.3 is 0 Å². The molecule has 2 heterocycles. The Morgan fingerprint density at radius 3 is 2.32 bits per heavy atom. The Morgan fingerprint density at radius 1 is 1.05 bits per heavy atom. The first kappa shape index (κ1) is 26.4. The van der Waals surface area contributed by atoms with Gasteiger partial charge in [0.05, 0.1) is 23.7 Å². The van der Waals surface area contributed by atoms with Crippen molar-refractivity contribution in [3.8, 4) is 0 Å². The molecule has 14 heteroatoms. The van der Waals surface area contributed by atoms with E-state index in [0.717, 1.165) is 29.4 Å². The van der Waals surface area contributed by atoms with Gasteiger partial charge in [0.25, 0.3) is 0 Å². The summed E-state index contributed by atoms with van der Waals surface area (Å²) in [7, 11) is -7.66. The fourth-order valence-electron chi connectivity index (χ4n) is 3.80. The maximum atomic E-state index is 15.2. The Hall–Kier alpha value is -3.65. The molecule has 2 aromatic carbocycles. The van der Waals surface area contributed by atoms with E-state index in [1.54, 1.807) is 13.8 Å². The summed E-state index contributed by atoms with van der Waals surface area (Å²) in [6, 6.07) is 7.39. The maximum absolute atomic E-state index is 15.2. The fourth-order valence-corrected chi connectivity index (χ4v) is 5.48. The highest BCUT2D eigenvalue weighted by molar-refractivity contribution is 7.92. The van der Waals surface area contributed by atoms with Crippen LogP contribution < -0.4 is 14.5 Å². The summed E-state index contributed by atoms with van der Waals surface area (Å²) in [5.41, 5.74) is 0.577. The van der Waals surface area contributed by atoms with Gasteiger partial charge in [-0.3, -0.25) is 14.5 Å². The molecule has 1 aromatic heterocycles. The van der Waals surface area contributed by atoms with E-state index < -0.39 is 54.5 Å². The average Bonchev–Trinajstić information content (AvgIpc) is 2.79. The van der Waals surface area contributed by atoms with Crippen molar-refractivity contribution in [3.05, 3.63) is 71.4 Å². The molecule has 2 amide bonds.